The van der Waals surface area contributed by atoms with E-state index in [0.717, 1.165) is 24.5 Å². The van der Waals surface area contributed by atoms with Crippen LogP contribution in [0.2, 0.25) is 0 Å². The van der Waals surface area contributed by atoms with Crippen LogP contribution in [-0.4, -0.2) is 36.9 Å². The van der Waals surface area contributed by atoms with Crippen molar-refractivity contribution in [3.8, 4) is 5.75 Å². The zero-order valence-corrected chi connectivity index (χ0v) is 19.6. The van der Waals surface area contributed by atoms with E-state index in [-0.39, 0.29) is 36.3 Å². The second-order valence-electron chi connectivity index (χ2n) is 6.92. The molecule has 170 valence electrons. The minimum Gasteiger partial charge on any atom is -0.405 e. The van der Waals surface area contributed by atoms with Gasteiger partial charge < -0.3 is 20.3 Å². The highest BCUT2D eigenvalue weighted by Gasteiger charge is 2.31. The monoisotopic (exact) mass is 549 g/mol. The number of hydrogen-bond acceptors (Lipinski definition) is 4. The fraction of sp³-hybridized carbons (Fsp3) is 0.429. The van der Waals surface area contributed by atoms with E-state index in [4.69, 9.17) is 0 Å². The summed E-state index contributed by atoms with van der Waals surface area (Å²) in [6, 6.07) is 10.0. The second kappa shape index (κ2) is 12.0. The zero-order chi connectivity index (χ0) is 21.4. The average Bonchev–Trinajstić information content (AvgIpc) is 3.25. The lowest BCUT2D eigenvalue weighted by Gasteiger charge is -2.16. The Bertz CT molecular complexity index is 840. The third-order valence-electron chi connectivity index (χ3n) is 4.65. The quantitative estimate of drug-likeness (QED) is 0.304. The Hall–Kier alpha value is -2.24. The van der Waals surface area contributed by atoms with E-state index in [1.807, 2.05) is 25.3 Å². The van der Waals surface area contributed by atoms with Gasteiger partial charge in [-0.1, -0.05) is 24.3 Å². The summed E-state index contributed by atoms with van der Waals surface area (Å²) in [6.07, 6.45) is -0.527. The molecule has 0 unspecified atom stereocenters. The van der Waals surface area contributed by atoms with Gasteiger partial charge in [0.05, 0.1) is 6.54 Å². The first kappa shape index (κ1) is 25.0. The summed E-state index contributed by atoms with van der Waals surface area (Å²) < 4.78 is 41.9. The maximum atomic E-state index is 12.6. The molecule has 0 amide bonds. The molecule has 1 aliphatic rings. The van der Waals surface area contributed by atoms with Crippen LogP contribution >= 0.6 is 24.0 Å². The number of anilines is 1. The van der Waals surface area contributed by atoms with E-state index >= 15 is 0 Å². The van der Waals surface area contributed by atoms with Gasteiger partial charge in [0, 0.05) is 37.9 Å². The molecule has 3 rings (SSSR count). The molecule has 1 aromatic carbocycles. The van der Waals surface area contributed by atoms with E-state index in [0.29, 0.717) is 24.6 Å². The van der Waals surface area contributed by atoms with Gasteiger partial charge in [0.2, 0.25) is 0 Å². The molecule has 10 heteroatoms. The minimum absolute atomic E-state index is 0. The van der Waals surface area contributed by atoms with E-state index in [2.05, 4.69) is 30.2 Å². The van der Waals surface area contributed by atoms with Crippen molar-refractivity contribution in [2.24, 2.45) is 4.99 Å². The number of alkyl halides is 3. The van der Waals surface area contributed by atoms with E-state index in [9.17, 15) is 13.2 Å². The van der Waals surface area contributed by atoms with E-state index < -0.39 is 6.36 Å². The summed E-state index contributed by atoms with van der Waals surface area (Å²) in [5, 5.41) is 6.15. The highest BCUT2D eigenvalue weighted by molar-refractivity contribution is 14.0. The van der Waals surface area contributed by atoms with Crippen molar-refractivity contribution in [3.63, 3.8) is 0 Å². The van der Waals surface area contributed by atoms with Gasteiger partial charge in [-0.2, -0.15) is 0 Å². The molecule has 31 heavy (non-hydrogen) atoms. The van der Waals surface area contributed by atoms with Gasteiger partial charge in [-0.15, -0.1) is 37.1 Å². The molecule has 1 aromatic heterocycles. The van der Waals surface area contributed by atoms with E-state index in [1.54, 1.807) is 12.1 Å². The van der Waals surface area contributed by atoms with Crippen LogP contribution in [0, 0.1) is 0 Å². The van der Waals surface area contributed by atoms with Crippen molar-refractivity contribution in [2.45, 2.75) is 39.2 Å². The zero-order valence-electron chi connectivity index (χ0n) is 17.3. The van der Waals surface area contributed by atoms with Crippen LogP contribution in [0.25, 0.3) is 0 Å². The van der Waals surface area contributed by atoms with Crippen LogP contribution in [-0.2, 0) is 13.1 Å². The number of pyridine rings is 1. The maximum Gasteiger partial charge on any atom is 0.573 e. The van der Waals surface area contributed by atoms with Crippen LogP contribution in [0.4, 0.5) is 19.0 Å². The van der Waals surface area contributed by atoms with Crippen molar-refractivity contribution in [1.82, 2.24) is 15.6 Å². The fourth-order valence-corrected chi connectivity index (χ4v) is 3.21. The molecule has 0 aliphatic carbocycles. The highest BCUT2D eigenvalue weighted by atomic mass is 127. The summed E-state index contributed by atoms with van der Waals surface area (Å²) in [5.74, 6) is 1.25. The lowest BCUT2D eigenvalue weighted by Crippen LogP contribution is -2.37. The third kappa shape index (κ3) is 8.08. The SMILES string of the molecule is CCNC(=NCc1ccc(N2CCCC2)nc1)NCc1ccccc1OC(F)(F)F.I. The number of aromatic nitrogens is 1. The Labute approximate surface area is 197 Å². The summed E-state index contributed by atoms with van der Waals surface area (Å²) in [4.78, 5) is 11.3. The lowest BCUT2D eigenvalue weighted by atomic mass is 10.2. The Morgan fingerprint density at radius 3 is 2.52 bits per heavy atom. The first-order valence-corrected chi connectivity index (χ1v) is 10.0. The van der Waals surface area contributed by atoms with Crippen molar-refractivity contribution < 1.29 is 17.9 Å². The van der Waals surface area contributed by atoms with Gasteiger partial charge in [0.15, 0.2) is 5.96 Å². The maximum absolute atomic E-state index is 12.6. The van der Waals surface area contributed by atoms with Crippen LogP contribution in [0.15, 0.2) is 47.6 Å². The molecular formula is C21H27F3IN5O. The van der Waals surface area contributed by atoms with Gasteiger partial charge in [-0.05, 0) is 37.5 Å². The Morgan fingerprint density at radius 2 is 1.87 bits per heavy atom. The molecule has 0 radical (unpaired) electrons. The van der Waals surface area contributed by atoms with Crippen LogP contribution in [0.1, 0.15) is 30.9 Å². The Morgan fingerprint density at radius 1 is 1.13 bits per heavy atom. The molecule has 1 fully saturated rings. The van der Waals surface area contributed by atoms with Crippen molar-refractivity contribution in [1.29, 1.82) is 0 Å². The molecule has 1 aliphatic heterocycles. The topological polar surface area (TPSA) is 61.8 Å². The molecule has 2 aromatic rings. The van der Waals surface area contributed by atoms with Gasteiger partial charge in [-0.3, -0.25) is 0 Å². The number of ether oxygens (including phenoxy) is 1. The van der Waals surface area contributed by atoms with Gasteiger partial charge in [-0.25, -0.2) is 9.98 Å². The van der Waals surface area contributed by atoms with Gasteiger partial charge in [0.1, 0.15) is 11.6 Å². The predicted molar refractivity (Wildman–Crippen MR) is 126 cm³/mol. The largest absolute Gasteiger partial charge is 0.573 e. The number of nitrogens with one attached hydrogen (secondary N) is 2. The van der Waals surface area contributed by atoms with Gasteiger partial charge in [0.25, 0.3) is 0 Å². The molecule has 0 spiro atoms. The van der Waals surface area contributed by atoms with Crippen molar-refractivity contribution in [3.05, 3.63) is 53.7 Å². The Balaban J connectivity index is 0.00000341. The molecule has 1 saturated heterocycles. The summed E-state index contributed by atoms with van der Waals surface area (Å²) in [7, 11) is 0. The van der Waals surface area contributed by atoms with Crippen molar-refractivity contribution in [2.75, 3.05) is 24.5 Å². The average molecular weight is 549 g/mol. The number of rotatable bonds is 7. The number of para-hydroxylation sites is 1. The molecule has 2 heterocycles. The summed E-state index contributed by atoms with van der Waals surface area (Å²) in [5.41, 5.74) is 1.34. The number of guanidine groups is 1. The predicted octanol–water partition coefficient (Wildman–Crippen LogP) is 4.45. The normalized spacial score (nSPS) is 14.2. The van der Waals surface area contributed by atoms with E-state index in [1.165, 1.54) is 25.0 Å². The smallest absolute Gasteiger partial charge is 0.405 e. The standard InChI is InChI=1S/C21H26F3N5O.HI/c1-2-25-20(28-15-17-7-3-4-8-18(17)30-21(22,23)24)27-14-16-9-10-19(26-13-16)29-11-5-6-12-29;/h3-4,7-10,13H,2,5-6,11-12,14-15H2,1H3,(H2,25,27,28);1H. The highest BCUT2D eigenvalue weighted by Crippen LogP contribution is 2.26. The third-order valence-corrected chi connectivity index (χ3v) is 4.65. The molecule has 2 N–H and O–H groups in total. The first-order valence-electron chi connectivity index (χ1n) is 10.0. The van der Waals surface area contributed by atoms with Crippen LogP contribution in [0.5, 0.6) is 5.75 Å². The minimum atomic E-state index is -4.73. The molecule has 0 atom stereocenters. The number of nitrogens with zero attached hydrogens (tertiary/aromatic N) is 3. The summed E-state index contributed by atoms with van der Waals surface area (Å²) in [6.45, 7) is 5.17. The number of aliphatic imine (C=N–C) groups is 1. The summed E-state index contributed by atoms with van der Waals surface area (Å²) >= 11 is 0. The molecule has 0 saturated carbocycles. The van der Waals surface area contributed by atoms with Crippen LogP contribution < -0.4 is 20.3 Å². The molecule has 6 nitrogen and oxygen atoms in total. The lowest BCUT2D eigenvalue weighted by molar-refractivity contribution is -0.274. The number of benzene rings is 1. The Kier molecular flexibility index (Phi) is 9.66. The number of hydrogen-bond donors (Lipinski definition) is 2. The van der Waals surface area contributed by atoms with Crippen LogP contribution in [0.3, 0.4) is 0 Å². The number of halogens is 4. The first-order chi connectivity index (χ1) is 14.4. The second-order valence-corrected chi connectivity index (χ2v) is 6.92. The fourth-order valence-electron chi connectivity index (χ4n) is 3.21. The molecule has 0 bridgehead atoms. The van der Waals surface area contributed by atoms with Crippen molar-refractivity contribution >= 4 is 35.8 Å². The molecular weight excluding hydrogens is 522 g/mol. The van der Waals surface area contributed by atoms with Gasteiger partial charge >= 0.3 is 6.36 Å².